The zero-order chi connectivity index (χ0) is 23.7. The molecule has 2 saturated heterocycles. The summed E-state index contributed by atoms with van der Waals surface area (Å²) in [5.41, 5.74) is -0.489. The second-order valence-electron chi connectivity index (χ2n) is 8.85. The van der Waals surface area contributed by atoms with Crippen LogP contribution >= 0.6 is 0 Å². The smallest absolute Gasteiger partial charge is 0.306 e. The molecule has 33 heavy (non-hydrogen) atoms. The van der Waals surface area contributed by atoms with Gasteiger partial charge in [-0.05, 0) is 32.3 Å². The molecule has 4 atom stereocenters. The molecular formula is C22H30N2O8S. The van der Waals surface area contributed by atoms with Crippen LogP contribution in [-0.2, 0) is 44.7 Å². The van der Waals surface area contributed by atoms with Crippen LogP contribution in [0, 0.1) is 0 Å². The number of carbonyl (C=O) groups excluding carboxylic acids is 1. The van der Waals surface area contributed by atoms with Crippen LogP contribution in [-0.4, -0.2) is 69.5 Å². The van der Waals surface area contributed by atoms with Gasteiger partial charge < -0.3 is 24.3 Å². The molecule has 1 N–H and O–H groups in total. The van der Waals surface area contributed by atoms with Crippen molar-refractivity contribution >= 4 is 21.9 Å². The van der Waals surface area contributed by atoms with E-state index in [1.165, 1.54) is 0 Å². The second kappa shape index (κ2) is 9.30. The first kappa shape index (κ1) is 24.1. The number of fused-ring (bicyclic) bond motifs is 3. The van der Waals surface area contributed by atoms with Crippen molar-refractivity contribution in [2.75, 3.05) is 19.3 Å². The third-order valence-electron chi connectivity index (χ3n) is 5.67. The summed E-state index contributed by atoms with van der Waals surface area (Å²) < 4.78 is 52.7. The summed E-state index contributed by atoms with van der Waals surface area (Å²) in [6, 6.07) is 9.50. The molecule has 0 amide bonds. The number of amidine groups is 1. The summed E-state index contributed by atoms with van der Waals surface area (Å²) in [5.74, 6) is -0.847. The summed E-state index contributed by atoms with van der Waals surface area (Å²) in [5, 5.41) is 3.18. The minimum Gasteiger partial charge on any atom is -0.461 e. The molecule has 0 unspecified atom stereocenters. The Balaban J connectivity index is 1.30. The van der Waals surface area contributed by atoms with E-state index in [1.807, 2.05) is 30.3 Å². The van der Waals surface area contributed by atoms with Gasteiger partial charge in [0, 0.05) is 13.0 Å². The van der Waals surface area contributed by atoms with E-state index in [0.717, 1.165) is 11.8 Å². The summed E-state index contributed by atoms with van der Waals surface area (Å²) in [6.45, 7) is 4.40. The average Bonchev–Trinajstić information content (AvgIpc) is 3.31. The van der Waals surface area contributed by atoms with Crippen molar-refractivity contribution in [3.8, 4) is 0 Å². The fourth-order valence-corrected chi connectivity index (χ4v) is 5.11. The third kappa shape index (κ3) is 5.38. The zero-order valence-corrected chi connectivity index (χ0v) is 19.8. The minimum atomic E-state index is -3.85. The predicted molar refractivity (Wildman–Crippen MR) is 118 cm³/mol. The van der Waals surface area contributed by atoms with E-state index in [9.17, 15) is 13.2 Å². The fraction of sp³-hybridized carbons (Fsp3) is 0.636. The van der Waals surface area contributed by atoms with Gasteiger partial charge in [0.05, 0.1) is 12.8 Å². The van der Waals surface area contributed by atoms with E-state index in [1.54, 1.807) is 13.8 Å². The number of nitrogens with one attached hydrogen (secondary N) is 1. The van der Waals surface area contributed by atoms with E-state index >= 15 is 0 Å². The van der Waals surface area contributed by atoms with Gasteiger partial charge in [0.2, 0.25) is 5.60 Å². The van der Waals surface area contributed by atoms with E-state index in [0.29, 0.717) is 25.2 Å². The highest BCUT2D eigenvalue weighted by molar-refractivity contribution is 7.86. The lowest BCUT2D eigenvalue weighted by atomic mass is 9.93. The highest BCUT2D eigenvalue weighted by Gasteiger charge is 2.70. The van der Waals surface area contributed by atoms with Crippen molar-refractivity contribution in [2.24, 2.45) is 4.99 Å². The van der Waals surface area contributed by atoms with E-state index in [4.69, 9.17) is 23.1 Å². The van der Waals surface area contributed by atoms with Gasteiger partial charge in [0.1, 0.15) is 18.5 Å². The van der Waals surface area contributed by atoms with Gasteiger partial charge in [0.15, 0.2) is 18.2 Å². The summed E-state index contributed by atoms with van der Waals surface area (Å²) in [4.78, 5) is 16.4. The number of benzene rings is 1. The van der Waals surface area contributed by atoms with Crippen LogP contribution in [0.4, 0.5) is 0 Å². The summed E-state index contributed by atoms with van der Waals surface area (Å²) >= 11 is 0. The van der Waals surface area contributed by atoms with Crippen LogP contribution in [0.2, 0.25) is 0 Å². The Bertz CT molecular complexity index is 997. The van der Waals surface area contributed by atoms with Gasteiger partial charge in [-0.2, -0.15) is 8.42 Å². The highest BCUT2D eigenvalue weighted by Crippen LogP contribution is 2.48. The largest absolute Gasteiger partial charge is 0.461 e. The SMILES string of the molecule is CC1(C)O[C@H]2O[C@@H]3CN=C(NCCCCC(=O)OCc4ccccc4)[C@]3(OS(C)(=O)=O)[C@H]2O1. The lowest BCUT2D eigenvalue weighted by Gasteiger charge is -2.33. The van der Waals surface area contributed by atoms with Gasteiger partial charge >= 0.3 is 5.97 Å². The second-order valence-corrected chi connectivity index (χ2v) is 10.4. The van der Waals surface area contributed by atoms with Crippen molar-refractivity contribution < 1.29 is 36.3 Å². The molecule has 4 rings (SSSR count). The maximum atomic E-state index is 12.1. The van der Waals surface area contributed by atoms with E-state index in [2.05, 4.69) is 10.3 Å². The number of hydrogen-bond acceptors (Lipinski definition) is 10. The molecule has 11 heteroatoms. The number of hydrogen-bond donors (Lipinski definition) is 1. The first-order valence-electron chi connectivity index (χ1n) is 11.0. The molecular weight excluding hydrogens is 452 g/mol. The normalized spacial score (nSPS) is 29.9. The van der Waals surface area contributed by atoms with Crippen molar-refractivity contribution in [2.45, 2.75) is 69.6 Å². The minimum absolute atomic E-state index is 0.226. The maximum Gasteiger partial charge on any atom is 0.306 e. The maximum absolute atomic E-state index is 12.1. The lowest BCUT2D eigenvalue weighted by Crippen LogP contribution is -2.59. The molecule has 1 aromatic rings. The Labute approximate surface area is 193 Å². The number of rotatable bonds is 9. The van der Waals surface area contributed by atoms with Crippen LogP contribution < -0.4 is 5.32 Å². The number of ether oxygens (including phenoxy) is 4. The quantitative estimate of drug-likeness (QED) is 0.317. The predicted octanol–water partition coefficient (Wildman–Crippen LogP) is 1.49. The molecule has 10 nitrogen and oxygen atoms in total. The van der Waals surface area contributed by atoms with Crippen LogP contribution in [0.3, 0.4) is 0 Å². The van der Waals surface area contributed by atoms with Gasteiger partial charge in [-0.15, -0.1) is 0 Å². The number of carbonyl (C=O) groups is 1. The fourth-order valence-electron chi connectivity index (χ4n) is 4.33. The Morgan fingerprint density at radius 3 is 2.70 bits per heavy atom. The summed E-state index contributed by atoms with van der Waals surface area (Å²) in [7, 11) is -3.85. The number of unbranched alkanes of at least 4 members (excludes halogenated alkanes) is 1. The third-order valence-corrected chi connectivity index (χ3v) is 6.25. The number of esters is 1. The molecule has 0 aliphatic carbocycles. The van der Waals surface area contributed by atoms with Gasteiger partial charge in [-0.25, -0.2) is 4.18 Å². The van der Waals surface area contributed by atoms with Crippen LogP contribution in [0.5, 0.6) is 0 Å². The molecule has 182 valence electrons. The highest BCUT2D eigenvalue weighted by atomic mass is 32.2. The Kier molecular flexibility index (Phi) is 6.79. The molecule has 0 saturated carbocycles. The van der Waals surface area contributed by atoms with Crippen molar-refractivity contribution in [3.05, 3.63) is 35.9 Å². The van der Waals surface area contributed by atoms with Crippen molar-refractivity contribution in [3.63, 3.8) is 0 Å². The molecule has 1 aromatic carbocycles. The van der Waals surface area contributed by atoms with Crippen LogP contribution in [0.25, 0.3) is 0 Å². The molecule has 0 spiro atoms. The number of aliphatic imine (C=N–C) groups is 1. The molecule has 0 radical (unpaired) electrons. The standard InChI is InChI=1S/C22H30N2O8S/c1-21(2)30-18-19(31-21)29-16-13-24-20(22(16,18)32-33(3,26)27)23-12-8-7-11-17(25)28-14-15-9-5-4-6-10-15/h4-6,9-10,16,18-19H,7-8,11-14H2,1-3H3,(H,23,24)/t16-,18+,19-,22-/m1/s1. The van der Waals surface area contributed by atoms with Crippen molar-refractivity contribution in [1.82, 2.24) is 5.32 Å². The Hall–Kier alpha value is -2.05. The van der Waals surface area contributed by atoms with Gasteiger partial charge in [-0.1, -0.05) is 30.3 Å². The zero-order valence-electron chi connectivity index (χ0n) is 19.0. The van der Waals surface area contributed by atoms with Crippen molar-refractivity contribution in [1.29, 1.82) is 0 Å². The monoisotopic (exact) mass is 482 g/mol. The first-order valence-corrected chi connectivity index (χ1v) is 12.8. The molecule has 0 bridgehead atoms. The van der Waals surface area contributed by atoms with E-state index in [-0.39, 0.29) is 25.5 Å². The topological polar surface area (TPSA) is 122 Å². The summed E-state index contributed by atoms with van der Waals surface area (Å²) in [6.07, 6.45) is 0.349. The van der Waals surface area contributed by atoms with Crippen LogP contribution in [0.15, 0.2) is 35.3 Å². The van der Waals surface area contributed by atoms with Gasteiger partial charge in [-0.3, -0.25) is 9.79 Å². The molecule has 3 heterocycles. The molecule has 3 aliphatic rings. The van der Waals surface area contributed by atoms with Gasteiger partial charge in [0.25, 0.3) is 10.1 Å². The lowest BCUT2D eigenvalue weighted by molar-refractivity contribution is -0.215. The number of nitrogens with zero attached hydrogens (tertiary/aromatic N) is 1. The Morgan fingerprint density at radius 2 is 1.97 bits per heavy atom. The molecule has 0 aromatic heterocycles. The van der Waals surface area contributed by atoms with Crippen LogP contribution in [0.1, 0.15) is 38.7 Å². The molecule has 3 aliphatic heterocycles. The Morgan fingerprint density at radius 1 is 1.21 bits per heavy atom. The average molecular weight is 483 g/mol. The molecule has 2 fully saturated rings. The first-order chi connectivity index (χ1) is 15.6. The van der Waals surface area contributed by atoms with E-state index < -0.39 is 40.0 Å².